The Labute approximate surface area is 205 Å². The van der Waals surface area contributed by atoms with Crippen LogP contribution in [0, 0.1) is 17.8 Å². The summed E-state index contributed by atoms with van der Waals surface area (Å²) in [6.07, 6.45) is 3.27. The average molecular weight is 511 g/mol. The zero-order chi connectivity index (χ0) is 23.2. The summed E-state index contributed by atoms with van der Waals surface area (Å²) in [5.41, 5.74) is 0.492. The molecule has 6 atom stereocenters. The van der Waals surface area contributed by atoms with Crippen molar-refractivity contribution in [3.63, 3.8) is 0 Å². The van der Waals surface area contributed by atoms with E-state index in [9.17, 15) is 8.42 Å². The maximum atomic E-state index is 13.2. The number of rotatable bonds is 10. The zero-order valence-electron chi connectivity index (χ0n) is 18.3. The van der Waals surface area contributed by atoms with Crippen molar-refractivity contribution < 1.29 is 17.9 Å². The summed E-state index contributed by atoms with van der Waals surface area (Å²) >= 11 is 12.2. The number of benzene rings is 2. The number of hydrogen-bond donors (Lipinski definition) is 2. The molecular formula is C24H28Cl2N2O4S. The van der Waals surface area contributed by atoms with E-state index < -0.39 is 10.0 Å². The van der Waals surface area contributed by atoms with E-state index in [1.165, 1.54) is 12.5 Å². The molecular weight excluding hydrogens is 483 g/mol. The number of sulfonamides is 1. The van der Waals surface area contributed by atoms with Gasteiger partial charge in [0.15, 0.2) is 0 Å². The Bertz CT molecular complexity index is 1130. The first-order chi connectivity index (χ1) is 15.8. The van der Waals surface area contributed by atoms with Gasteiger partial charge in [0.25, 0.3) is 0 Å². The molecule has 6 nitrogen and oxygen atoms in total. The van der Waals surface area contributed by atoms with Crippen molar-refractivity contribution in [1.29, 1.82) is 0 Å². The molecule has 3 fully saturated rings. The summed E-state index contributed by atoms with van der Waals surface area (Å²) in [6.45, 7) is 2.82. The predicted octanol–water partition coefficient (Wildman–Crippen LogP) is 4.96. The molecule has 178 valence electrons. The highest BCUT2D eigenvalue weighted by Crippen LogP contribution is 2.60. The first kappa shape index (κ1) is 23.2. The minimum Gasteiger partial charge on any atom is -0.489 e. The van der Waals surface area contributed by atoms with Crippen LogP contribution in [0.2, 0.25) is 10.0 Å². The Balaban J connectivity index is 1.24. The Morgan fingerprint density at radius 3 is 2.67 bits per heavy atom. The molecule has 0 radical (unpaired) electrons. The van der Waals surface area contributed by atoms with Gasteiger partial charge in [0.1, 0.15) is 16.7 Å². The van der Waals surface area contributed by atoms with Crippen LogP contribution < -0.4 is 14.8 Å². The Morgan fingerprint density at radius 1 is 1.12 bits per heavy atom. The fraction of sp³-hybridized carbons (Fsp3) is 0.500. The van der Waals surface area contributed by atoms with Gasteiger partial charge in [-0.25, -0.2) is 13.1 Å². The Hall–Kier alpha value is -1.51. The lowest BCUT2D eigenvalue weighted by molar-refractivity contribution is 0.0617. The standard InChI is InChI=1S/C24H28Cl2N2O4S/c1-2-17(31-18-5-3-4-15(25)9-18)13-27-21-7-6-16(26)10-23(21)33(29,30)28-12-14-8-22-19-11-20(19)24(14)32-22/h3-7,9-10,14,17,19-20,22,24,27-28H,2,8,11-13H2,1H3/t14-,17?,19+,20-,22-,24+/m0/s1. The largest absolute Gasteiger partial charge is 0.489 e. The molecule has 9 heteroatoms. The van der Waals surface area contributed by atoms with E-state index in [1.54, 1.807) is 24.3 Å². The van der Waals surface area contributed by atoms with E-state index in [0.717, 1.165) is 12.8 Å². The van der Waals surface area contributed by atoms with Crippen molar-refractivity contribution in [3.8, 4) is 5.75 Å². The van der Waals surface area contributed by atoms with Crippen LogP contribution in [0.5, 0.6) is 5.75 Å². The van der Waals surface area contributed by atoms with Crippen LogP contribution >= 0.6 is 23.2 Å². The minimum absolute atomic E-state index is 0.140. The second-order valence-corrected chi connectivity index (χ2v) is 11.8. The summed E-state index contributed by atoms with van der Waals surface area (Å²) in [7, 11) is -3.75. The monoisotopic (exact) mass is 510 g/mol. The van der Waals surface area contributed by atoms with Gasteiger partial charge < -0.3 is 14.8 Å². The number of hydrogen-bond acceptors (Lipinski definition) is 5. The predicted molar refractivity (Wildman–Crippen MR) is 130 cm³/mol. The average Bonchev–Trinajstić information content (AvgIpc) is 3.40. The lowest BCUT2D eigenvalue weighted by atomic mass is 9.89. The molecule has 2 saturated heterocycles. The second kappa shape index (κ2) is 9.27. The summed E-state index contributed by atoms with van der Waals surface area (Å²) < 4.78 is 41.2. The number of fused-ring (bicyclic) bond motifs is 5. The van der Waals surface area contributed by atoms with Gasteiger partial charge in [0.05, 0.1) is 24.4 Å². The van der Waals surface area contributed by atoms with Gasteiger partial charge in [0, 0.05) is 22.5 Å². The van der Waals surface area contributed by atoms with E-state index in [2.05, 4.69) is 10.0 Å². The first-order valence-electron chi connectivity index (χ1n) is 11.4. The second-order valence-electron chi connectivity index (χ2n) is 9.18. The molecule has 3 aliphatic rings. The third kappa shape index (κ3) is 4.98. The van der Waals surface area contributed by atoms with E-state index in [1.807, 2.05) is 19.1 Å². The molecule has 2 aliphatic heterocycles. The van der Waals surface area contributed by atoms with Crippen molar-refractivity contribution in [2.45, 2.75) is 49.4 Å². The molecule has 5 rings (SSSR count). The molecule has 2 aromatic carbocycles. The Kier molecular flexibility index (Phi) is 6.53. The number of anilines is 1. The summed E-state index contributed by atoms with van der Waals surface area (Å²) in [6, 6.07) is 12.1. The van der Waals surface area contributed by atoms with Gasteiger partial charge in [0.2, 0.25) is 10.0 Å². The maximum Gasteiger partial charge on any atom is 0.242 e. The van der Waals surface area contributed by atoms with E-state index in [4.69, 9.17) is 32.7 Å². The highest BCUT2D eigenvalue weighted by atomic mass is 35.5. The van der Waals surface area contributed by atoms with E-state index in [0.29, 0.717) is 52.5 Å². The molecule has 1 unspecified atom stereocenters. The zero-order valence-corrected chi connectivity index (χ0v) is 20.7. The molecule has 2 bridgehead atoms. The highest BCUT2D eigenvalue weighted by Gasteiger charge is 2.62. The van der Waals surface area contributed by atoms with Gasteiger partial charge >= 0.3 is 0 Å². The highest BCUT2D eigenvalue weighted by molar-refractivity contribution is 7.89. The first-order valence-corrected chi connectivity index (χ1v) is 13.7. The smallest absolute Gasteiger partial charge is 0.242 e. The maximum absolute atomic E-state index is 13.2. The molecule has 1 saturated carbocycles. The Morgan fingerprint density at radius 2 is 1.94 bits per heavy atom. The quantitative estimate of drug-likeness (QED) is 0.472. The van der Waals surface area contributed by atoms with Crippen LogP contribution in [-0.2, 0) is 14.8 Å². The van der Waals surface area contributed by atoms with Gasteiger partial charge in [-0.05, 0) is 67.5 Å². The molecule has 2 aromatic rings. The fourth-order valence-electron chi connectivity index (χ4n) is 5.15. The molecule has 1 aliphatic carbocycles. The molecule has 2 heterocycles. The molecule has 0 aromatic heterocycles. The van der Waals surface area contributed by atoms with Crippen molar-refractivity contribution in [2.24, 2.45) is 17.8 Å². The normalized spacial score (nSPS) is 28.4. The van der Waals surface area contributed by atoms with Crippen LogP contribution in [-0.4, -0.2) is 39.8 Å². The third-order valence-electron chi connectivity index (χ3n) is 6.97. The van der Waals surface area contributed by atoms with Crippen molar-refractivity contribution in [1.82, 2.24) is 4.72 Å². The van der Waals surface area contributed by atoms with Gasteiger partial charge in [-0.1, -0.05) is 36.2 Å². The SMILES string of the molecule is CCC(CNc1ccc(Cl)cc1S(=O)(=O)NC[C@@H]1C[C@@H]2O[C@H]1[C@H]1C[C@H]12)Oc1cccc(Cl)c1. The topological polar surface area (TPSA) is 76.7 Å². The van der Waals surface area contributed by atoms with Crippen molar-refractivity contribution in [2.75, 3.05) is 18.4 Å². The van der Waals surface area contributed by atoms with Crippen molar-refractivity contribution in [3.05, 3.63) is 52.5 Å². The summed E-state index contributed by atoms with van der Waals surface area (Å²) in [4.78, 5) is 0.140. The van der Waals surface area contributed by atoms with Gasteiger partial charge in [-0.2, -0.15) is 0 Å². The minimum atomic E-state index is -3.75. The number of nitrogens with one attached hydrogen (secondary N) is 2. The van der Waals surface area contributed by atoms with Crippen molar-refractivity contribution >= 4 is 38.9 Å². The molecule has 0 spiro atoms. The van der Waals surface area contributed by atoms with Crippen LogP contribution in [0.3, 0.4) is 0 Å². The van der Waals surface area contributed by atoms with Gasteiger partial charge in [-0.15, -0.1) is 0 Å². The lowest BCUT2D eigenvalue weighted by Gasteiger charge is -2.22. The summed E-state index contributed by atoms with van der Waals surface area (Å²) in [5.74, 6) is 2.26. The third-order valence-corrected chi connectivity index (χ3v) is 8.90. The van der Waals surface area contributed by atoms with Gasteiger partial charge in [-0.3, -0.25) is 0 Å². The van der Waals surface area contributed by atoms with E-state index >= 15 is 0 Å². The number of halogens is 2. The molecule has 33 heavy (non-hydrogen) atoms. The van der Waals surface area contributed by atoms with Crippen LogP contribution in [0.25, 0.3) is 0 Å². The fourth-order valence-corrected chi connectivity index (χ4v) is 6.87. The lowest BCUT2D eigenvalue weighted by Crippen LogP contribution is -2.35. The number of ether oxygens (including phenoxy) is 2. The molecule has 0 amide bonds. The summed E-state index contributed by atoms with van der Waals surface area (Å²) in [5, 5.41) is 4.21. The van der Waals surface area contributed by atoms with E-state index in [-0.39, 0.29) is 23.0 Å². The molecule has 2 N–H and O–H groups in total. The van der Waals surface area contributed by atoms with Crippen LogP contribution in [0.4, 0.5) is 5.69 Å². The van der Waals surface area contributed by atoms with Crippen LogP contribution in [0.1, 0.15) is 26.2 Å². The van der Waals surface area contributed by atoms with Crippen LogP contribution in [0.15, 0.2) is 47.4 Å².